The first-order valence-electron chi connectivity index (χ1n) is 5.47. The van der Waals surface area contributed by atoms with Crippen molar-refractivity contribution in [2.24, 2.45) is 11.8 Å². The zero-order valence-corrected chi connectivity index (χ0v) is 8.95. The monoisotopic (exact) mass is 210 g/mol. The molecule has 0 atom stereocenters. The second-order valence-electron chi connectivity index (χ2n) is 4.59. The van der Waals surface area contributed by atoms with E-state index in [2.05, 4.69) is 9.55 Å². The summed E-state index contributed by atoms with van der Waals surface area (Å²) in [5, 5.41) is 0. The Morgan fingerprint density at radius 3 is 2.50 bits per heavy atom. The summed E-state index contributed by atoms with van der Waals surface area (Å²) in [6.45, 7) is 0. The highest BCUT2D eigenvalue weighted by atomic mass is 35.5. The van der Waals surface area contributed by atoms with Crippen LogP contribution < -0.4 is 0 Å². The molecule has 2 aliphatic carbocycles. The molecule has 0 aromatic carbocycles. The molecule has 0 unspecified atom stereocenters. The molecule has 2 aliphatic rings. The van der Waals surface area contributed by atoms with Gasteiger partial charge in [0.25, 0.3) is 0 Å². The molecule has 3 heteroatoms. The molecule has 2 fully saturated rings. The molecule has 14 heavy (non-hydrogen) atoms. The fourth-order valence-electron chi connectivity index (χ4n) is 2.42. The van der Waals surface area contributed by atoms with Crippen molar-refractivity contribution in [2.75, 3.05) is 0 Å². The van der Waals surface area contributed by atoms with Crippen molar-refractivity contribution in [3.63, 3.8) is 0 Å². The molecule has 76 valence electrons. The molecule has 1 heterocycles. The van der Waals surface area contributed by atoms with Crippen molar-refractivity contribution in [1.29, 1.82) is 0 Å². The molecule has 0 spiro atoms. The van der Waals surface area contributed by atoms with Crippen molar-refractivity contribution >= 4 is 11.6 Å². The molecule has 2 saturated carbocycles. The van der Waals surface area contributed by atoms with E-state index in [4.69, 9.17) is 11.6 Å². The third-order valence-electron chi connectivity index (χ3n) is 3.41. The zero-order valence-electron chi connectivity index (χ0n) is 8.19. The minimum absolute atomic E-state index is 0.593. The van der Waals surface area contributed by atoms with E-state index in [1.54, 1.807) is 0 Å². The van der Waals surface area contributed by atoms with Gasteiger partial charge in [0, 0.05) is 12.2 Å². The number of halogens is 1. The lowest BCUT2D eigenvalue weighted by Gasteiger charge is -2.19. The number of aromatic nitrogens is 2. The van der Waals surface area contributed by atoms with E-state index in [0.29, 0.717) is 11.9 Å². The van der Waals surface area contributed by atoms with Crippen molar-refractivity contribution in [1.82, 2.24) is 9.55 Å². The van der Waals surface area contributed by atoms with Crippen molar-refractivity contribution < 1.29 is 0 Å². The molecule has 0 N–H and O–H groups in total. The average molecular weight is 211 g/mol. The van der Waals surface area contributed by atoms with Gasteiger partial charge in [-0.25, -0.2) is 4.98 Å². The van der Waals surface area contributed by atoms with Crippen LogP contribution >= 0.6 is 11.6 Å². The number of rotatable bonds is 4. The number of hydrogen-bond donors (Lipinski definition) is 0. The van der Waals surface area contributed by atoms with Crippen LogP contribution in [0.25, 0.3) is 0 Å². The minimum atomic E-state index is 0.593. The number of hydrogen-bond acceptors (Lipinski definition) is 1. The van der Waals surface area contributed by atoms with Gasteiger partial charge in [-0.3, -0.25) is 0 Å². The molecule has 1 aromatic heterocycles. The number of alkyl halides is 1. The Hall–Kier alpha value is -0.500. The minimum Gasteiger partial charge on any atom is -0.330 e. The van der Waals surface area contributed by atoms with Gasteiger partial charge in [-0.15, -0.1) is 11.6 Å². The van der Waals surface area contributed by atoms with Gasteiger partial charge >= 0.3 is 0 Å². The predicted octanol–water partition coefficient (Wildman–Crippen LogP) is 2.98. The van der Waals surface area contributed by atoms with Gasteiger partial charge in [-0.1, -0.05) is 0 Å². The maximum absolute atomic E-state index is 5.91. The van der Waals surface area contributed by atoms with Gasteiger partial charge in [0.2, 0.25) is 0 Å². The second-order valence-corrected chi connectivity index (χ2v) is 4.86. The van der Waals surface area contributed by atoms with Gasteiger partial charge in [0.1, 0.15) is 0 Å². The summed E-state index contributed by atoms with van der Waals surface area (Å²) in [6.07, 6.45) is 9.49. The van der Waals surface area contributed by atoms with Crippen molar-refractivity contribution in [3.05, 3.63) is 18.2 Å². The zero-order chi connectivity index (χ0) is 9.54. The maximum atomic E-state index is 5.91. The Balaban J connectivity index is 1.89. The highest BCUT2D eigenvalue weighted by molar-refractivity contribution is 6.16. The van der Waals surface area contributed by atoms with Crippen LogP contribution in [0.2, 0.25) is 0 Å². The molecule has 2 nitrogen and oxygen atoms in total. The highest BCUT2D eigenvalue weighted by Gasteiger charge is 2.42. The van der Waals surface area contributed by atoms with Crippen LogP contribution in [0.5, 0.6) is 0 Å². The Morgan fingerprint density at radius 2 is 2.00 bits per heavy atom. The van der Waals surface area contributed by atoms with Crippen LogP contribution in [-0.4, -0.2) is 9.55 Å². The summed E-state index contributed by atoms with van der Waals surface area (Å²) in [5.74, 6) is 2.42. The Morgan fingerprint density at radius 1 is 1.36 bits per heavy atom. The molecule has 0 bridgehead atoms. The molecule has 3 rings (SSSR count). The summed E-state index contributed by atoms with van der Waals surface area (Å²) in [4.78, 5) is 4.21. The van der Waals surface area contributed by atoms with E-state index < -0.39 is 0 Å². The first-order chi connectivity index (χ1) is 6.90. The molecular formula is C11H15ClN2. The third-order valence-corrected chi connectivity index (χ3v) is 3.69. The lowest BCUT2D eigenvalue weighted by atomic mass is 10.1. The van der Waals surface area contributed by atoms with E-state index in [1.165, 1.54) is 31.4 Å². The molecule has 1 aromatic rings. The standard InChI is InChI=1S/C11H15ClN2/c12-5-10-6-13-7-14(10)11(8-1-2-8)9-3-4-9/h6-9,11H,1-5H2. The van der Waals surface area contributed by atoms with Gasteiger partial charge in [-0.2, -0.15) is 0 Å². The second kappa shape index (κ2) is 3.27. The van der Waals surface area contributed by atoms with Gasteiger partial charge in [0.15, 0.2) is 0 Å². The van der Waals surface area contributed by atoms with Crippen LogP contribution in [0.1, 0.15) is 37.4 Å². The lowest BCUT2D eigenvalue weighted by molar-refractivity contribution is 0.387. The van der Waals surface area contributed by atoms with E-state index in [1.807, 2.05) is 12.5 Å². The quantitative estimate of drug-likeness (QED) is 0.699. The van der Waals surface area contributed by atoms with Crippen LogP contribution in [0.3, 0.4) is 0 Å². The summed E-state index contributed by atoms with van der Waals surface area (Å²) in [6, 6.07) is 0.714. The smallest absolute Gasteiger partial charge is 0.0951 e. The largest absolute Gasteiger partial charge is 0.330 e. The van der Waals surface area contributed by atoms with Gasteiger partial charge in [-0.05, 0) is 37.5 Å². The van der Waals surface area contributed by atoms with Gasteiger partial charge < -0.3 is 4.57 Å². The van der Waals surface area contributed by atoms with E-state index >= 15 is 0 Å². The van der Waals surface area contributed by atoms with Crippen LogP contribution in [0.4, 0.5) is 0 Å². The normalized spacial score (nSPS) is 21.9. The first kappa shape index (κ1) is 8.78. The fraction of sp³-hybridized carbons (Fsp3) is 0.727. The van der Waals surface area contributed by atoms with Crippen molar-refractivity contribution in [3.8, 4) is 0 Å². The van der Waals surface area contributed by atoms with E-state index in [9.17, 15) is 0 Å². The van der Waals surface area contributed by atoms with Crippen molar-refractivity contribution in [2.45, 2.75) is 37.6 Å². The highest BCUT2D eigenvalue weighted by Crippen LogP contribution is 2.52. The number of imidazole rings is 1. The molecule has 0 radical (unpaired) electrons. The van der Waals surface area contributed by atoms with Crippen LogP contribution in [0, 0.1) is 11.8 Å². The van der Waals surface area contributed by atoms with E-state index in [0.717, 1.165) is 11.8 Å². The molecule has 0 aliphatic heterocycles. The lowest BCUT2D eigenvalue weighted by Crippen LogP contribution is -2.14. The maximum Gasteiger partial charge on any atom is 0.0951 e. The SMILES string of the molecule is ClCc1cncn1C(C1CC1)C1CC1. The topological polar surface area (TPSA) is 17.8 Å². The van der Waals surface area contributed by atoms with Crippen LogP contribution in [-0.2, 0) is 5.88 Å². The van der Waals surface area contributed by atoms with Gasteiger partial charge in [0.05, 0.1) is 17.9 Å². The summed E-state index contributed by atoms with van der Waals surface area (Å²) in [7, 11) is 0. The Labute approximate surface area is 89.3 Å². The van der Waals surface area contributed by atoms with Crippen LogP contribution in [0.15, 0.2) is 12.5 Å². The summed E-state index contributed by atoms with van der Waals surface area (Å²) < 4.78 is 2.34. The predicted molar refractivity (Wildman–Crippen MR) is 56.3 cm³/mol. The number of nitrogens with zero attached hydrogens (tertiary/aromatic N) is 2. The third kappa shape index (κ3) is 1.46. The first-order valence-corrected chi connectivity index (χ1v) is 6.00. The Bertz CT molecular complexity index is 314. The van der Waals surface area contributed by atoms with E-state index in [-0.39, 0.29) is 0 Å². The fourth-order valence-corrected chi connectivity index (χ4v) is 2.63. The summed E-state index contributed by atoms with van der Waals surface area (Å²) in [5.41, 5.74) is 1.19. The molecule has 0 amide bonds. The summed E-state index contributed by atoms with van der Waals surface area (Å²) >= 11 is 5.91. The molecular weight excluding hydrogens is 196 g/mol. The Kier molecular flexibility index (Phi) is 2.05. The molecule has 0 saturated heterocycles. The average Bonchev–Trinajstić information content (AvgIpc) is 3.07.